The first-order valence-electron chi connectivity index (χ1n) is 7.63. The number of sulfonamides is 1. The lowest BCUT2D eigenvalue weighted by Gasteiger charge is -2.09. The first-order chi connectivity index (χ1) is 12.4. The predicted molar refractivity (Wildman–Crippen MR) is 104 cm³/mol. The fraction of sp³-hybridized carbons (Fsp3) is 0.0556. The molecule has 5 nitrogen and oxygen atoms in total. The van der Waals surface area contributed by atoms with Gasteiger partial charge in [0.15, 0.2) is 0 Å². The Morgan fingerprint density at radius 3 is 2.50 bits per heavy atom. The van der Waals surface area contributed by atoms with E-state index in [1.54, 1.807) is 30.3 Å². The second-order valence-electron chi connectivity index (χ2n) is 5.39. The number of carbonyl (C=O) groups excluding carboxylic acids is 1. The van der Waals surface area contributed by atoms with Crippen molar-refractivity contribution >= 4 is 44.6 Å². The van der Waals surface area contributed by atoms with Gasteiger partial charge in [-0.15, -0.1) is 11.3 Å². The maximum absolute atomic E-state index is 12.4. The normalized spacial score (nSPS) is 11.3. The maximum atomic E-state index is 12.4. The largest absolute Gasteiger partial charge is 0.322 e. The van der Waals surface area contributed by atoms with Crippen molar-refractivity contribution in [2.24, 2.45) is 0 Å². The van der Waals surface area contributed by atoms with E-state index in [4.69, 9.17) is 11.6 Å². The van der Waals surface area contributed by atoms with Gasteiger partial charge in [0.05, 0.1) is 4.90 Å². The van der Waals surface area contributed by atoms with Crippen LogP contribution in [0, 0.1) is 0 Å². The molecule has 1 amide bonds. The van der Waals surface area contributed by atoms with Crippen molar-refractivity contribution in [1.82, 2.24) is 4.72 Å². The fourth-order valence-corrected chi connectivity index (χ4v) is 4.12. The second-order valence-corrected chi connectivity index (χ2v) is 8.63. The van der Waals surface area contributed by atoms with Crippen molar-refractivity contribution in [3.8, 4) is 0 Å². The number of benzene rings is 2. The Kier molecular flexibility index (Phi) is 5.73. The Morgan fingerprint density at radius 2 is 1.81 bits per heavy atom. The summed E-state index contributed by atoms with van der Waals surface area (Å²) in [5.41, 5.74) is 0.822. The summed E-state index contributed by atoms with van der Waals surface area (Å²) < 4.78 is 27.4. The minimum atomic E-state index is -3.71. The molecule has 1 aromatic heterocycles. The molecular formula is C18H15ClN2O3S2. The number of rotatable bonds is 6. The van der Waals surface area contributed by atoms with E-state index in [-0.39, 0.29) is 17.0 Å². The smallest absolute Gasteiger partial charge is 0.255 e. The monoisotopic (exact) mass is 406 g/mol. The third kappa shape index (κ3) is 4.70. The highest BCUT2D eigenvalue weighted by Gasteiger charge is 2.16. The summed E-state index contributed by atoms with van der Waals surface area (Å²) in [4.78, 5) is 13.3. The summed E-state index contributed by atoms with van der Waals surface area (Å²) in [6, 6.07) is 16.3. The van der Waals surface area contributed by atoms with Crippen LogP contribution >= 0.6 is 22.9 Å². The number of carbonyl (C=O) groups is 1. The molecule has 0 spiro atoms. The molecule has 0 fully saturated rings. The van der Waals surface area contributed by atoms with Crippen LogP contribution in [-0.4, -0.2) is 14.3 Å². The topological polar surface area (TPSA) is 75.3 Å². The van der Waals surface area contributed by atoms with Gasteiger partial charge < -0.3 is 5.32 Å². The van der Waals surface area contributed by atoms with Crippen LogP contribution in [0.4, 0.5) is 5.69 Å². The number of nitrogens with one attached hydrogen (secondary N) is 2. The number of halogens is 1. The van der Waals surface area contributed by atoms with Crippen LogP contribution in [0.1, 0.15) is 15.2 Å². The zero-order valence-electron chi connectivity index (χ0n) is 13.5. The highest BCUT2D eigenvalue weighted by atomic mass is 35.5. The Bertz CT molecular complexity index is 1000. The van der Waals surface area contributed by atoms with Gasteiger partial charge in [-0.2, -0.15) is 0 Å². The Hall–Kier alpha value is -2.19. The fourth-order valence-electron chi connectivity index (χ4n) is 2.20. The number of hydrogen-bond acceptors (Lipinski definition) is 4. The van der Waals surface area contributed by atoms with Gasteiger partial charge in [-0.1, -0.05) is 23.7 Å². The van der Waals surface area contributed by atoms with E-state index in [0.717, 1.165) is 4.88 Å². The standard InChI is InChI=1S/C18H15ClN2O3S2/c19-14-6-8-15(9-7-14)21-18(22)13-3-1-5-17(11-13)26(23,24)20-12-16-4-2-10-25-16/h1-11,20H,12H2,(H,21,22). The number of anilines is 1. The van der Waals surface area contributed by atoms with E-state index in [2.05, 4.69) is 10.0 Å². The van der Waals surface area contributed by atoms with E-state index in [0.29, 0.717) is 10.7 Å². The molecule has 1 heterocycles. The van der Waals surface area contributed by atoms with Gasteiger partial charge in [-0.25, -0.2) is 13.1 Å². The lowest BCUT2D eigenvalue weighted by atomic mass is 10.2. The molecule has 2 N–H and O–H groups in total. The number of amides is 1. The molecule has 0 unspecified atom stereocenters. The molecule has 0 radical (unpaired) electrons. The highest BCUT2D eigenvalue weighted by Crippen LogP contribution is 2.17. The summed E-state index contributed by atoms with van der Waals surface area (Å²) in [6.07, 6.45) is 0. The first kappa shape index (κ1) is 18.6. The van der Waals surface area contributed by atoms with E-state index < -0.39 is 15.9 Å². The molecule has 3 rings (SSSR count). The lowest BCUT2D eigenvalue weighted by Crippen LogP contribution is -2.23. The molecule has 0 bridgehead atoms. The third-order valence-corrected chi connectivity index (χ3v) is 6.05. The zero-order valence-corrected chi connectivity index (χ0v) is 15.9. The summed E-state index contributed by atoms with van der Waals surface area (Å²) >= 11 is 7.29. The van der Waals surface area contributed by atoms with Crippen LogP contribution < -0.4 is 10.0 Å². The Balaban J connectivity index is 1.74. The minimum absolute atomic E-state index is 0.0396. The summed E-state index contributed by atoms with van der Waals surface area (Å²) in [5, 5.41) is 5.15. The van der Waals surface area contributed by atoms with Crippen LogP contribution in [0.2, 0.25) is 5.02 Å². The molecule has 0 aliphatic heterocycles. The molecule has 134 valence electrons. The van der Waals surface area contributed by atoms with Crippen molar-refractivity contribution in [3.63, 3.8) is 0 Å². The second kappa shape index (κ2) is 8.01. The molecule has 8 heteroatoms. The van der Waals surface area contributed by atoms with Crippen LogP contribution in [0.25, 0.3) is 0 Å². The highest BCUT2D eigenvalue weighted by molar-refractivity contribution is 7.89. The van der Waals surface area contributed by atoms with Crippen LogP contribution in [0.15, 0.2) is 70.9 Å². The predicted octanol–water partition coefficient (Wildman–Crippen LogP) is 4.13. The Morgan fingerprint density at radius 1 is 1.04 bits per heavy atom. The van der Waals surface area contributed by atoms with Crippen molar-refractivity contribution in [2.45, 2.75) is 11.4 Å². The molecule has 0 aliphatic rings. The number of hydrogen-bond donors (Lipinski definition) is 2. The lowest BCUT2D eigenvalue weighted by molar-refractivity contribution is 0.102. The molecule has 2 aromatic carbocycles. The number of thiophene rings is 1. The van der Waals surface area contributed by atoms with Gasteiger partial charge in [0, 0.05) is 27.7 Å². The van der Waals surface area contributed by atoms with Gasteiger partial charge in [0.25, 0.3) is 5.91 Å². The average Bonchev–Trinajstić information content (AvgIpc) is 3.16. The van der Waals surface area contributed by atoms with E-state index in [1.807, 2.05) is 17.5 Å². The van der Waals surface area contributed by atoms with Crippen LogP contribution in [0.3, 0.4) is 0 Å². The molecule has 0 aliphatic carbocycles. The van der Waals surface area contributed by atoms with Gasteiger partial charge in [-0.3, -0.25) is 4.79 Å². The van der Waals surface area contributed by atoms with Crippen molar-refractivity contribution < 1.29 is 13.2 Å². The van der Waals surface area contributed by atoms with Gasteiger partial charge in [0.1, 0.15) is 0 Å². The van der Waals surface area contributed by atoms with E-state index in [9.17, 15) is 13.2 Å². The quantitative estimate of drug-likeness (QED) is 0.646. The summed E-state index contributed by atoms with van der Waals surface area (Å²) in [6.45, 7) is 0.210. The van der Waals surface area contributed by atoms with Gasteiger partial charge >= 0.3 is 0 Å². The van der Waals surface area contributed by atoms with Crippen molar-refractivity contribution in [2.75, 3.05) is 5.32 Å². The molecule has 0 saturated heterocycles. The van der Waals surface area contributed by atoms with Gasteiger partial charge in [0.2, 0.25) is 10.0 Å². The van der Waals surface area contributed by atoms with Crippen molar-refractivity contribution in [3.05, 3.63) is 81.5 Å². The van der Waals surface area contributed by atoms with E-state index in [1.165, 1.54) is 29.5 Å². The summed E-state index contributed by atoms with van der Waals surface area (Å²) in [7, 11) is -3.71. The Labute approximate surface area is 160 Å². The SMILES string of the molecule is O=C(Nc1ccc(Cl)cc1)c1cccc(S(=O)(=O)NCc2cccs2)c1. The molecule has 3 aromatic rings. The molecule has 26 heavy (non-hydrogen) atoms. The average molecular weight is 407 g/mol. The molecular weight excluding hydrogens is 392 g/mol. The zero-order chi connectivity index (χ0) is 18.6. The van der Waals surface area contributed by atoms with E-state index >= 15 is 0 Å². The maximum Gasteiger partial charge on any atom is 0.255 e. The van der Waals surface area contributed by atoms with Gasteiger partial charge in [-0.05, 0) is 53.9 Å². The van der Waals surface area contributed by atoms with Crippen LogP contribution in [-0.2, 0) is 16.6 Å². The summed E-state index contributed by atoms with van der Waals surface area (Å²) in [5.74, 6) is -0.400. The third-order valence-electron chi connectivity index (χ3n) is 3.53. The first-order valence-corrected chi connectivity index (χ1v) is 10.4. The molecule has 0 atom stereocenters. The van der Waals surface area contributed by atoms with Crippen molar-refractivity contribution in [1.29, 1.82) is 0 Å². The minimum Gasteiger partial charge on any atom is -0.322 e. The molecule has 0 saturated carbocycles. The van der Waals surface area contributed by atoms with Crippen LogP contribution in [0.5, 0.6) is 0 Å².